The third kappa shape index (κ3) is 18.5. The highest BCUT2D eigenvalue weighted by Gasteiger charge is 1.92. The van der Waals surface area contributed by atoms with Gasteiger partial charge >= 0.3 is 0 Å². The molecule has 0 saturated heterocycles. The number of unbranched alkanes of at least 4 members (excludes halogenated alkanes) is 2. The van der Waals surface area contributed by atoms with Gasteiger partial charge in [-0.3, -0.25) is 0 Å². The zero-order valence-corrected chi connectivity index (χ0v) is 9.65. The van der Waals surface area contributed by atoms with Crippen molar-refractivity contribution in [3.05, 3.63) is 0 Å². The van der Waals surface area contributed by atoms with E-state index in [9.17, 15) is 4.79 Å². The molecule has 1 N–H and O–H groups in total. The maximum absolute atomic E-state index is 10.5. The van der Waals surface area contributed by atoms with Gasteiger partial charge < -0.3 is 10.1 Å². The van der Waals surface area contributed by atoms with Crippen LogP contribution in [0.4, 0.5) is 0 Å². The molecule has 0 aliphatic rings. The van der Waals surface area contributed by atoms with Crippen LogP contribution in [0.1, 0.15) is 53.4 Å². The molecule has 0 saturated carbocycles. The molecule has 0 heterocycles. The van der Waals surface area contributed by atoms with E-state index in [4.69, 9.17) is 0 Å². The second kappa shape index (κ2) is 14.2. The van der Waals surface area contributed by atoms with Gasteiger partial charge in [0.1, 0.15) is 5.78 Å². The normalized spacial score (nSPS) is 8.92. The summed E-state index contributed by atoms with van der Waals surface area (Å²) in [5.41, 5.74) is 0. The Labute approximate surface area is 83.1 Å². The highest BCUT2D eigenvalue weighted by molar-refractivity contribution is 5.75. The molecule has 0 bridgehead atoms. The smallest absolute Gasteiger partial charge is 0.129 e. The lowest BCUT2D eigenvalue weighted by molar-refractivity contribution is -0.117. The van der Waals surface area contributed by atoms with Gasteiger partial charge in [0.2, 0.25) is 0 Å². The average Bonchev–Trinajstić information content (AvgIpc) is 2.14. The van der Waals surface area contributed by atoms with Crippen molar-refractivity contribution in [2.75, 3.05) is 13.1 Å². The molecule has 0 aromatic rings. The van der Waals surface area contributed by atoms with Gasteiger partial charge in [0, 0.05) is 6.42 Å². The lowest BCUT2D eigenvalue weighted by Crippen LogP contribution is -2.13. The summed E-state index contributed by atoms with van der Waals surface area (Å²) in [6, 6.07) is 0. The molecule has 2 nitrogen and oxygen atoms in total. The van der Waals surface area contributed by atoms with Crippen LogP contribution in [0.15, 0.2) is 0 Å². The van der Waals surface area contributed by atoms with E-state index in [-0.39, 0.29) is 0 Å². The van der Waals surface area contributed by atoms with Gasteiger partial charge in [-0.25, -0.2) is 0 Å². The first kappa shape index (κ1) is 15.1. The summed E-state index contributed by atoms with van der Waals surface area (Å²) in [4.78, 5) is 10.5. The van der Waals surface area contributed by atoms with Crippen LogP contribution in [0.5, 0.6) is 0 Å². The minimum atomic E-state index is 0.313. The Kier molecular flexibility index (Phi) is 16.5. The minimum absolute atomic E-state index is 0.313. The van der Waals surface area contributed by atoms with Crippen molar-refractivity contribution in [3.8, 4) is 0 Å². The maximum atomic E-state index is 10.5. The zero-order valence-electron chi connectivity index (χ0n) is 9.65. The Morgan fingerprint density at radius 2 is 1.77 bits per heavy atom. The standard InChI is InChI=1S/C9H19NO.C2H6/c1-3-10-8-6-4-5-7-9(2)11;1-2/h10H,3-8H2,1-2H3;1-2H3. The minimum Gasteiger partial charge on any atom is -0.317 e. The predicted octanol–water partition coefficient (Wildman–Crippen LogP) is 2.77. The maximum Gasteiger partial charge on any atom is 0.129 e. The van der Waals surface area contributed by atoms with Crippen molar-refractivity contribution >= 4 is 5.78 Å². The lowest BCUT2D eigenvalue weighted by Gasteiger charge is -1.99. The van der Waals surface area contributed by atoms with Gasteiger partial charge in [-0.1, -0.05) is 27.2 Å². The first-order chi connectivity index (χ1) is 6.27. The van der Waals surface area contributed by atoms with E-state index in [2.05, 4.69) is 12.2 Å². The van der Waals surface area contributed by atoms with E-state index < -0.39 is 0 Å². The second-order valence-corrected chi connectivity index (χ2v) is 2.87. The van der Waals surface area contributed by atoms with Gasteiger partial charge in [-0.2, -0.15) is 0 Å². The first-order valence-electron chi connectivity index (χ1n) is 5.47. The third-order valence-corrected chi connectivity index (χ3v) is 1.63. The number of Topliss-reactive ketones (excluding diaryl/α,β-unsaturated/α-hetero) is 1. The number of ketones is 1. The summed E-state index contributed by atoms with van der Waals surface area (Å²) in [5.74, 6) is 0.313. The zero-order chi connectivity index (χ0) is 10.5. The molecule has 2 heteroatoms. The fourth-order valence-corrected chi connectivity index (χ4v) is 0.977. The number of carbonyl (C=O) groups excluding carboxylic acids is 1. The summed E-state index contributed by atoms with van der Waals surface area (Å²) in [6.07, 6.45) is 4.18. The Hall–Kier alpha value is -0.370. The first-order valence-corrected chi connectivity index (χ1v) is 5.47. The van der Waals surface area contributed by atoms with E-state index in [1.807, 2.05) is 13.8 Å². The van der Waals surface area contributed by atoms with Crippen molar-refractivity contribution in [2.24, 2.45) is 0 Å². The van der Waals surface area contributed by atoms with E-state index >= 15 is 0 Å². The second-order valence-electron chi connectivity index (χ2n) is 2.87. The molecule has 80 valence electrons. The summed E-state index contributed by atoms with van der Waals surface area (Å²) < 4.78 is 0. The van der Waals surface area contributed by atoms with Crippen LogP contribution in [0.25, 0.3) is 0 Å². The molecule has 0 amide bonds. The fraction of sp³-hybridized carbons (Fsp3) is 0.909. The van der Waals surface area contributed by atoms with Crippen LogP contribution in [0, 0.1) is 0 Å². The van der Waals surface area contributed by atoms with Crippen molar-refractivity contribution < 1.29 is 4.79 Å². The van der Waals surface area contributed by atoms with Crippen LogP contribution in [0.2, 0.25) is 0 Å². The molecule has 0 aliphatic heterocycles. The van der Waals surface area contributed by atoms with Gasteiger partial charge in [-0.15, -0.1) is 0 Å². The van der Waals surface area contributed by atoms with E-state index in [0.717, 1.165) is 25.9 Å². The molecule has 0 aliphatic carbocycles. The van der Waals surface area contributed by atoms with Gasteiger partial charge in [0.15, 0.2) is 0 Å². The van der Waals surface area contributed by atoms with Crippen LogP contribution in [0.3, 0.4) is 0 Å². The van der Waals surface area contributed by atoms with Crippen molar-refractivity contribution in [3.63, 3.8) is 0 Å². The number of nitrogens with one attached hydrogen (secondary N) is 1. The monoisotopic (exact) mass is 187 g/mol. The molecule has 0 atom stereocenters. The highest BCUT2D eigenvalue weighted by atomic mass is 16.1. The van der Waals surface area contributed by atoms with Gasteiger partial charge in [0.25, 0.3) is 0 Å². The molecule has 0 aromatic heterocycles. The van der Waals surface area contributed by atoms with Crippen LogP contribution in [-0.4, -0.2) is 18.9 Å². The van der Waals surface area contributed by atoms with Crippen LogP contribution >= 0.6 is 0 Å². The molecule has 0 rings (SSSR count). The largest absolute Gasteiger partial charge is 0.317 e. The molecular formula is C11H25NO. The van der Waals surface area contributed by atoms with Gasteiger partial charge in [-0.05, 0) is 32.9 Å². The topological polar surface area (TPSA) is 29.1 Å². The third-order valence-electron chi connectivity index (χ3n) is 1.63. The summed E-state index contributed by atoms with van der Waals surface area (Å²) >= 11 is 0. The van der Waals surface area contributed by atoms with Crippen LogP contribution in [-0.2, 0) is 4.79 Å². The number of carbonyl (C=O) groups is 1. The highest BCUT2D eigenvalue weighted by Crippen LogP contribution is 1.98. The predicted molar refractivity (Wildman–Crippen MR) is 59.0 cm³/mol. The Morgan fingerprint density at radius 1 is 1.15 bits per heavy atom. The summed E-state index contributed by atoms with van der Waals surface area (Å²) in [5, 5.41) is 3.25. The van der Waals surface area contributed by atoms with E-state index in [0.29, 0.717) is 5.78 Å². The molecule has 0 aromatic carbocycles. The number of rotatable bonds is 7. The number of hydrogen-bond donors (Lipinski definition) is 1. The fourth-order valence-electron chi connectivity index (χ4n) is 0.977. The van der Waals surface area contributed by atoms with Crippen molar-refractivity contribution in [1.29, 1.82) is 0 Å². The van der Waals surface area contributed by atoms with Crippen molar-refractivity contribution in [2.45, 2.75) is 53.4 Å². The summed E-state index contributed by atoms with van der Waals surface area (Å²) in [6.45, 7) is 9.90. The number of hydrogen-bond acceptors (Lipinski definition) is 2. The Bertz CT molecular complexity index is 102. The molecule has 0 fully saturated rings. The van der Waals surface area contributed by atoms with E-state index in [1.54, 1.807) is 6.92 Å². The van der Waals surface area contributed by atoms with Gasteiger partial charge in [0.05, 0.1) is 0 Å². The van der Waals surface area contributed by atoms with Crippen molar-refractivity contribution in [1.82, 2.24) is 5.32 Å². The Morgan fingerprint density at radius 3 is 2.23 bits per heavy atom. The molecular weight excluding hydrogens is 162 g/mol. The SMILES string of the molecule is CC.CCNCCCCCC(C)=O. The summed E-state index contributed by atoms with van der Waals surface area (Å²) in [7, 11) is 0. The van der Waals surface area contributed by atoms with E-state index in [1.165, 1.54) is 12.8 Å². The molecule has 0 spiro atoms. The Balaban J connectivity index is 0. The molecule has 0 unspecified atom stereocenters. The molecule has 0 radical (unpaired) electrons. The molecule has 13 heavy (non-hydrogen) atoms. The average molecular weight is 187 g/mol. The lowest BCUT2D eigenvalue weighted by atomic mass is 10.1. The van der Waals surface area contributed by atoms with Crippen LogP contribution < -0.4 is 5.32 Å². The quantitative estimate of drug-likeness (QED) is 0.621.